The molecule has 0 aliphatic heterocycles. The summed E-state index contributed by atoms with van der Waals surface area (Å²) in [5, 5.41) is 11.1. The summed E-state index contributed by atoms with van der Waals surface area (Å²) in [6.07, 6.45) is 3.07. The second-order valence-electron chi connectivity index (χ2n) is 6.89. The number of fused-ring (bicyclic) bond motifs is 1. The van der Waals surface area contributed by atoms with Crippen molar-refractivity contribution in [2.45, 2.75) is 44.9 Å². The Morgan fingerprint density at radius 2 is 1.85 bits per heavy atom. The van der Waals surface area contributed by atoms with Gasteiger partial charge in [-0.15, -0.1) is 0 Å². The Kier molecular flexibility index (Phi) is 5.23. The number of aryl methyl sites for hydroxylation is 1. The lowest BCUT2D eigenvalue weighted by atomic mass is 9.73. The quantitative estimate of drug-likeness (QED) is 0.692. The third-order valence-corrected chi connectivity index (χ3v) is 5.10. The van der Waals surface area contributed by atoms with E-state index in [4.69, 9.17) is 0 Å². The minimum absolute atomic E-state index is 0.0433. The maximum Gasteiger partial charge on any atom is 0.251 e. The number of benzene rings is 2. The second-order valence-corrected chi connectivity index (χ2v) is 6.89. The van der Waals surface area contributed by atoms with Gasteiger partial charge in [0.05, 0.1) is 11.5 Å². The van der Waals surface area contributed by atoms with Crippen LogP contribution in [0.15, 0.2) is 59.4 Å². The van der Waals surface area contributed by atoms with Gasteiger partial charge in [0.15, 0.2) is 0 Å². The van der Waals surface area contributed by atoms with Gasteiger partial charge < -0.3 is 4.98 Å². The highest BCUT2D eigenvalue weighted by molar-refractivity contribution is 5.80. The molecule has 1 N–H and O–H groups in total. The fraction of sp³-hybridized carbons (Fsp3) is 0.304. The molecule has 2 aromatic carbocycles. The van der Waals surface area contributed by atoms with Crippen LogP contribution in [0.25, 0.3) is 10.9 Å². The highest BCUT2D eigenvalue weighted by Crippen LogP contribution is 2.34. The summed E-state index contributed by atoms with van der Waals surface area (Å²) in [7, 11) is 0. The average Bonchev–Trinajstić information content (AvgIpc) is 2.67. The highest BCUT2D eigenvalue weighted by Gasteiger charge is 2.32. The topological polar surface area (TPSA) is 56.6 Å². The average molecular weight is 344 g/mol. The molecule has 0 bridgehead atoms. The van der Waals surface area contributed by atoms with Crippen molar-refractivity contribution >= 4 is 10.9 Å². The molecular weight excluding hydrogens is 320 g/mol. The second kappa shape index (κ2) is 7.58. The van der Waals surface area contributed by atoms with Gasteiger partial charge in [0.25, 0.3) is 5.56 Å². The lowest BCUT2D eigenvalue weighted by molar-refractivity contribution is 0.493. The van der Waals surface area contributed by atoms with E-state index in [0.717, 1.165) is 40.4 Å². The monoisotopic (exact) mass is 344 g/mol. The maximum atomic E-state index is 12.2. The molecule has 0 saturated heterocycles. The SMILES string of the molecule is CCC[C@@](C#N)(Cc1ccccc1)c1ccc2cc(CC)c(=O)[nH]c2c1. The van der Waals surface area contributed by atoms with Crippen LogP contribution < -0.4 is 5.56 Å². The van der Waals surface area contributed by atoms with E-state index < -0.39 is 5.41 Å². The first kappa shape index (κ1) is 17.9. The summed E-state index contributed by atoms with van der Waals surface area (Å²) in [6, 6.07) is 20.7. The number of aromatic amines is 1. The molecule has 3 rings (SSSR count). The largest absolute Gasteiger partial charge is 0.322 e. The molecule has 1 atom stereocenters. The normalized spacial score (nSPS) is 13.3. The van der Waals surface area contributed by atoms with E-state index >= 15 is 0 Å². The van der Waals surface area contributed by atoms with Crippen LogP contribution in [0.5, 0.6) is 0 Å². The molecule has 1 heterocycles. The molecule has 0 saturated carbocycles. The van der Waals surface area contributed by atoms with Crippen LogP contribution in [-0.4, -0.2) is 4.98 Å². The van der Waals surface area contributed by atoms with Crippen LogP contribution >= 0.6 is 0 Å². The van der Waals surface area contributed by atoms with Gasteiger partial charge in [-0.05, 0) is 47.9 Å². The molecule has 0 spiro atoms. The molecule has 1 aromatic heterocycles. The van der Waals surface area contributed by atoms with Gasteiger partial charge in [-0.2, -0.15) is 5.26 Å². The van der Waals surface area contributed by atoms with Crippen molar-refractivity contribution < 1.29 is 0 Å². The van der Waals surface area contributed by atoms with Crippen molar-refractivity contribution in [3.63, 3.8) is 0 Å². The standard InChI is InChI=1S/C23H24N2O/c1-3-12-23(16-24,15-17-8-6-5-7-9-17)20-11-10-19-13-18(4-2)22(26)25-21(19)14-20/h5-11,13-14H,3-4,12,15H2,1-2H3,(H,25,26)/t23-/m0/s1. The Morgan fingerprint density at radius 1 is 1.08 bits per heavy atom. The van der Waals surface area contributed by atoms with Crippen molar-refractivity contribution in [2.75, 3.05) is 0 Å². The number of hydrogen-bond acceptors (Lipinski definition) is 2. The summed E-state index contributed by atoms with van der Waals surface area (Å²) in [5.41, 5.74) is 3.07. The molecule has 3 aromatic rings. The van der Waals surface area contributed by atoms with E-state index in [1.165, 1.54) is 0 Å². The van der Waals surface area contributed by atoms with Crippen LogP contribution in [0.4, 0.5) is 0 Å². The Bertz CT molecular complexity index is 998. The van der Waals surface area contributed by atoms with Gasteiger partial charge in [-0.25, -0.2) is 0 Å². The number of H-pyrrole nitrogens is 1. The van der Waals surface area contributed by atoms with Crippen molar-refractivity contribution in [3.8, 4) is 6.07 Å². The summed E-state index contributed by atoms with van der Waals surface area (Å²) < 4.78 is 0. The first-order chi connectivity index (χ1) is 12.6. The zero-order valence-electron chi connectivity index (χ0n) is 15.4. The number of nitriles is 1. The van der Waals surface area contributed by atoms with Crippen molar-refractivity contribution in [2.24, 2.45) is 0 Å². The molecule has 3 heteroatoms. The third kappa shape index (κ3) is 3.41. The van der Waals surface area contributed by atoms with Gasteiger partial charge in [0.2, 0.25) is 0 Å². The van der Waals surface area contributed by atoms with E-state index in [0.29, 0.717) is 12.8 Å². The molecule has 0 amide bonds. The predicted octanol–water partition coefficient (Wildman–Crippen LogP) is 4.89. The molecule has 0 radical (unpaired) electrons. The minimum atomic E-state index is -0.593. The number of nitrogens with zero attached hydrogens (tertiary/aromatic N) is 1. The Hall–Kier alpha value is -2.86. The number of hydrogen-bond donors (Lipinski definition) is 1. The molecule has 132 valence electrons. The van der Waals surface area contributed by atoms with Gasteiger partial charge in [-0.3, -0.25) is 4.79 Å². The minimum Gasteiger partial charge on any atom is -0.322 e. The molecule has 0 unspecified atom stereocenters. The van der Waals surface area contributed by atoms with Crippen molar-refractivity contribution in [1.82, 2.24) is 4.98 Å². The molecule has 0 aliphatic rings. The Morgan fingerprint density at radius 3 is 2.50 bits per heavy atom. The Balaban J connectivity index is 2.11. The van der Waals surface area contributed by atoms with Crippen LogP contribution in [-0.2, 0) is 18.3 Å². The first-order valence-corrected chi connectivity index (χ1v) is 9.23. The van der Waals surface area contributed by atoms with Gasteiger partial charge >= 0.3 is 0 Å². The molecular formula is C23H24N2O. The fourth-order valence-corrected chi connectivity index (χ4v) is 3.67. The van der Waals surface area contributed by atoms with E-state index in [1.807, 2.05) is 49.4 Å². The van der Waals surface area contributed by atoms with Gasteiger partial charge in [0, 0.05) is 11.1 Å². The van der Waals surface area contributed by atoms with E-state index in [9.17, 15) is 10.1 Å². The molecule has 3 nitrogen and oxygen atoms in total. The summed E-state index contributed by atoms with van der Waals surface area (Å²) in [6.45, 7) is 4.08. The number of rotatable bonds is 6. The molecule has 0 fully saturated rings. The smallest absolute Gasteiger partial charge is 0.251 e. The third-order valence-electron chi connectivity index (χ3n) is 5.10. The lowest BCUT2D eigenvalue weighted by Gasteiger charge is -2.27. The number of nitrogens with one attached hydrogen (secondary N) is 1. The molecule has 26 heavy (non-hydrogen) atoms. The number of pyridine rings is 1. The van der Waals surface area contributed by atoms with E-state index in [-0.39, 0.29) is 5.56 Å². The van der Waals surface area contributed by atoms with Gasteiger partial charge in [0.1, 0.15) is 0 Å². The van der Waals surface area contributed by atoms with Crippen LogP contribution in [0.2, 0.25) is 0 Å². The van der Waals surface area contributed by atoms with Crippen LogP contribution in [0.3, 0.4) is 0 Å². The van der Waals surface area contributed by atoms with Crippen LogP contribution in [0.1, 0.15) is 43.4 Å². The van der Waals surface area contributed by atoms with Gasteiger partial charge in [-0.1, -0.05) is 62.7 Å². The van der Waals surface area contributed by atoms with E-state index in [1.54, 1.807) is 0 Å². The fourth-order valence-electron chi connectivity index (χ4n) is 3.67. The summed E-state index contributed by atoms with van der Waals surface area (Å²) >= 11 is 0. The van der Waals surface area contributed by atoms with E-state index in [2.05, 4.69) is 30.1 Å². The predicted molar refractivity (Wildman–Crippen MR) is 106 cm³/mol. The van der Waals surface area contributed by atoms with Crippen molar-refractivity contribution in [1.29, 1.82) is 5.26 Å². The zero-order valence-corrected chi connectivity index (χ0v) is 15.4. The molecule has 0 aliphatic carbocycles. The summed E-state index contributed by atoms with van der Waals surface area (Å²) in [5.74, 6) is 0. The zero-order chi connectivity index (χ0) is 18.6. The van der Waals surface area contributed by atoms with Crippen molar-refractivity contribution in [3.05, 3.63) is 81.6 Å². The van der Waals surface area contributed by atoms with Crippen LogP contribution in [0, 0.1) is 11.3 Å². The lowest BCUT2D eigenvalue weighted by Crippen LogP contribution is -2.27. The maximum absolute atomic E-state index is 12.2. The number of aromatic nitrogens is 1. The summed E-state index contributed by atoms with van der Waals surface area (Å²) in [4.78, 5) is 15.2. The first-order valence-electron chi connectivity index (χ1n) is 9.23. The highest BCUT2D eigenvalue weighted by atomic mass is 16.1. The Labute approximate surface area is 154 Å².